The van der Waals surface area contributed by atoms with Crippen molar-refractivity contribution in [3.05, 3.63) is 68.7 Å². The number of aryl methyl sites for hydroxylation is 1. The quantitative estimate of drug-likeness (QED) is 0.726. The normalized spacial score (nSPS) is 18.9. The highest BCUT2D eigenvalue weighted by Crippen LogP contribution is 2.38. The van der Waals surface area contributed by atoms with Gasteiger partial charge in [0.25, 0.3) is 0 Å². The second-order valence-corrected chi connectivity index (χ2v) is 6.46. The van der Waals surface area contributed by atoms with E-state index in [1.165, 1.54) is 22.3 Å². The van der Waals surface area contributed by atoms with Crippen LogP contribution in [0.5, 0.6) is 0 Å². The topological polar surface area (TPSA) is 3.24 Å². The molecule has 3 rings (SSSR count). The predicted molar refractivity (Wildman–Crippen MR) is 85.8 cm³/mol. The van der Waals surface area contributed by atoms with Gasteiger partial charge in [-0.05, 0) is 42.8 Å². The first-order valence-corrected chi connectivity index (χ1v) is 7.53. The molecule has 2 aromatic carbocycles. The summed E-state index contributed by atoms with van der Waals surface area (Å²) in [5.74, 6) is 0.333. The van der Waals surface area contributed by atoms with Crippen LogP contribution in [0, 0.1) is 6.92 Å². The van der Waals surface area contributed by atoms with E-state index in [2.05, 4.69) is 49.2 Å². The van der Waals surface area contributed by atoms with E-state index in [4.69, 9.17) is 23.2 Å². The Morgan fingerprint density at radius 2 is 1.95 bits per heavy atom. The molecule has 2 aromatic rings. The summed E-state index contributed by atoms with van der Waals surface area (Å²) in [5.41, 5.74) is 5.09. The molecule has 20 heavy (non-hydrogen) atoms. The predicted octanol–water partition coefficient (Wildman–Crippen LogP) is 4.88. The van der Waals surface area contributed by atoms with Gasteiger partial charge in [-0.25, -0.2) is 0 Å². The number of halogens is 2. The van der Waals surface area contributed by atoms with Gasteiger partial charge in [-0.15, -0.1) is 0 Å². The highest BCUT2D eigenvalue weighted by atomic mass is 35.5. The van der Waals surface area contributed by atoms with Crippen molar-refractivity contribution in [3.63, 3.8) is 0 Å². The van der Waals surface area contributed by atoms with Gasteiger partial charge in [0.2, 0.25) is 0 Å². The molecule has 0 fully saturated rings. The molecule has 0 saturated carbocycles. The van der Waals surface area contributed by atoms with E-state index in [1.807, 2.05) is 6.07 Å². The van der Waals surface area contributed by atoms with Crippen LogP contribution in [0.3, 0.4) is 0 Å². The smallest absolute Gasteiger partial charge is 0.0468 e. The number of likely N-dealkylation sites (N-methyl/N-ethyl adjacent to an activating group) is 1. The molecule has 3 heteroatoms. The number of benzene rings is 2. The summed E-state index contributed by atoms with van der Waals surface area (Å²) in [4.78, 5) is 2.31. The third-order valence-corrected chi connectivity index (χ3v) is 4.49. The van der Waals surface area contributed by atoms with Crippen molar-refractivity contribution in [2.24, 2.45) is 0 Å². The van der Waals surface area contributed by atoms with Crippen LogP contribution < -0.4 is 0 Å². The van der Waals surface area contributed by atoms with Crippen LogP contribution in [0.4, 0.5) is 0 Å². The zero-order chi connectivity index (χ0) is 14.3. The Morgan fingerprint density at radius 1 is 1.15 bits per heavy atom. The van der Waals surface area contributed by atoms with E-state index in [0.717, 1.165) is 23.1 Å². The molecule has 0 radical (unpaired) electrons. The molecule has 0 bridgehead atoms. The second-order valence-electron chi connectivity index (χ2n) is 5.62. The first kappa shape index (κ1) is 13.9. The Kier molecular flexibility index (Phi) is 3.76. The van der Waals surface area contributed by atoms with E-state index in [0.29, 0.717) is 5.92 Å². The van der Waals surface area contributed by atoms with Crippen LogP contribution in [-0.2, 0) is 6.54 Å². The summed E-state index contributed by atoms with van der Waals surface area (Å²) in [6.45, 7) is 4.00. The Labute approximate surface area is 130 Å². The minimum atomic E-state index is 0.333. The van der Waals surface area contributed by atoms with Crippen LogP contribution in [0.15, 0.2) is 36.4 Å². The Bertz CT molecular complexity index is 651. The molecule has 0 unspecified atom stereocenters. The van der Waals surface area contributed by atoms with Crippen molar-refractivity contribution in [1.82, 2.24) is 4.90 Å². The molecule has 104 valence electrons. The maximum absolute atomic E-state index is 6.39. The van der Waals surface area contributed by atoms with Gasteiger partial charge in [-0.1, -0.05) is 53.0 Å². The van der Waals surface area contributed by atoms with Crippen molar-refractivity contribution in [3.8, 4) is 0 Å². The van der Waals surface area contributed by atoms with Crippen LogP contribution in [0.2, 0.25) is 10.0 Å². The molecule has 0 aromatic heterocycles. The number of rotatable bonds is 1. The lowest BCUT2D eigenvalue weighted by Gasteiger charge is -2.33. The fourth-order valence-electron chi connectivity index (χ4n) is 3.02. The van der Waals surface area contributed by atoms with Gasteiger partial charge >= 0.3 is 0 Å². The molecular formula is C17H17Cl2N. The van der Waals surface area contributed by atoms with Gasteiger partial charge in [0.15, 0.2) is 0 Å². The molecular weight excluding hydrogens is 289 g/mol. The maximum atomic E-state index is 6.39. The van der Waals surface area contributed by atoms with Crippen LogP contribution in [-0.4, -0.2) is 18.5 Å². The molecule has 0 aliphatic carbocycles. The maximum Gasteiger partial charge on any atom is 0.0468 e. The summed E-state index contributed by atoms with van der Waals surface area (Å²) in [5, 5.41) is 1.49. The Hall–Kier alpha value is -1.02. The lowest BCUT2D eigenvalue weighted by atomic mass is 9.84. The fraction of sp³-hybridized carbons (Fsp3) is 0.294. The molecule has 0 spiro atoms. The van der Waals surface area contributed by atoms with Crippen molar-refractivity contribution in [2.75, 3.05) is 13.6 Å². The van der Waals surface area contributed by atoms with Gasteiger partial charge in [0.1, 0.15) is 0 Å². The third kappa shape index (κ3) is 2.58. The number of hydrogen-bond donors (Lipinski definition) is 0. The summed E-state index contributed by atoms with van der Waals surface area (Å²) >= 11 is 12.6. The molecule has 0 N–H and O–H groups in total. The Balaban J connectivity index is 2.15. The highest BCUT2D eigenvalue weighted by molar-refractivity contribution is 6.35. The zero-order valence-electron chi connectivity index (χ0n) is 11.7. The minimum Gasteiger partial charge on any atom is -0.301 e. The lowest BCUT2D eigenvalue weighted by Crippen LogP contribution is -2.31. The van der Waals surface area contributed by atoms with Crippen molar-refractivity contribution < 1.29 is 0 Å². The summed E-state index contributed by atoms with van der Waals surface area (Å²) in [6.07, 6.45) is 0. The van der Waals surface area contributed by atoms with Crippen molar-refractivity contribution in [1.29, 1.82) is 0 Å². The van der Waals surface area contributed by atoms with Gasteiger partial charge in [0.05, 0.1) is 0 Å². The first-order valence-electron chi connectivity index (χ1n) is 6.77. The molecule has 0 saturated heterocycles. The summed E-state index contributed by atoms with van der Waals surface area (Å²) in [7, 11) is 2.14. The molecule has 1 heterocycles. The molecule has 1 aliphatic heterocycles. The van der Waals surface area contributed by atoms with Gasteiger partial charge in [-0.3, -0.25) is 0 Å². The van der Waals surface area contributed by atoms with E-state index in [-0.39, 0.29) is 0 Å². The highest BCUT2D eigenvalue weighted by Gasteiger charge is 2.26. The monoisotopic (exact) mass is 305 g/mol. The van der Waals surface area contributed by atoms with E-state index >= 15 is 0 Å². The van der Waals surface area contributed by atoms with E-state index in [1.54, 1.807) is 0 Å². The lowest BCUT2D eigenvalue weighted by molar-refractivity contribution is 0.295. The number of fused-ring (bicyclic) bond motifs is 1. The van der Waals surface area contributed by atoms with Crippen LogP contribution in [0.1, 0.15) is 28.2 Å². The van der Waals surface area contributed by atoms with Gasteiger partial charge < -0.3 is 4.90 Å². The summed E-state index contributed by atoms with van der Waals surface area (Å²) < 4.78 is 0. The zero-order valence-corrected chi connectivity index (χ0v) is 13.2. The minimum absolute atomic E-state index is 0.333. The van der Waals surface area contributed by atoms with Gasteiger partial charge in [-0.2, -0.15) is 0 Å². The van der Waals surface area contributed by atoms with Gasteiger partial charge in [0, 0.05) is 29.1 Å². The average Bonchev–Trinajstić information content (AvgIpc) is 2.39. The third-order valence-electron chi connectivity index (χ3n) is 3.94. The van der Waals surface area contributed by atoms with E-state index < -0.39 is 0 Å². The Morgan fingerprint density at radius 3 is 2.70 bits per heavy atom. The molecule has 1 atom stereocenters. The average molecular weight is 306 g/mol. The SMILES string of the molecule is Cc1cccc([C@@H]2CN(C)Cc3c(Cl)cc(Cl)cc32)c1. The molecule has 1 nitrogen and oxygen atoms in total. The summed E-state index contributed by atoms with van der Waals surface area (Å²) in [6, 6.07) is 12.6. The second kappa shape index (κ2) is 5.40. The molecule has 1 aliphatic rings. The van der Waals surface area contributed by atoms with E-state index in [9.17, 15) is 0 Å². The number of nitrogens with zero attached hydrogens (tertiary/aromatic N) is 1. The number of hydrogen-bond acceptors (Lipinski definition) is 1. The van der Waals surface area contributed by atoms with Crippen LogP contribution >= 0.6 is 23.2 Å². The standard InChI is InChI=1S/C17H17Cl2N/c1-11-4-3-5-12(6-11)15-9-20(2)10-16-14(15)7-13(18)8-17(16)19/h3-8,15H,9-10H2,1-2H3/t15-/m0/s1. The van der Waals surface area contributed by atoms with Crippen LogP contribution in [0.25, 0.3) is 0 Å². The fourth-order valence-corrected chi connectivity index (χ4v) is 3.59. The largest absolute Gasteiger partial charge is 0.301 e. The van der Waals surface area contributed by atoms with Crippen molar-refractivity contribution >= 4 is 23.2 Å². The molecule has 0 amide bonds. The van der Waals surface area contributed by atoms with Crippen molar-refractivity contribution in [2.45, 2.75) is 19.4 Å². The first-order chi connectivity index (χ1) is 9.54.